The quantitative estimate of drug-likeness (QED) is 0.355. The number of aromatic nitrogens is 2. The monoisotopic (exact) mass is 439 g/mol. The first-order valence-electron chi connectivity index (χ1n) is 9.27. The van der Waals surface area contributed by atoms with Crippen LogP contribution in [0.5, 0.6) is 0 Å². The van der Waals surface area contributed by atoms with Gasteiger partial charge in [-0.2, -0.15) is 0 Å². The van der Waals surface area contributed by atoms with Gasteiger partial charge in [-0.3, -0.25) is 14.2 Å². The number of hydrogen-bond acceptors (Lipinski definition) is 5. The van der Waals surface area contributed by atoms with Gasteiger partial charge in [0, 0.05) is 5.02 Å². The van der Waals surface area contributed by atoms with E-state index >= 15 is 0 Å². The molecule has 1 amide bonds. The van der Waals surface area contributed by atoms with E-state index in [0.29, 0.717) is 39.1 Å². The summed E-state index contributed by atoms with van der Waals surface area (Å²) in [6, 6.07) is 17.7. The van der Waals surface area contributed by atoms with Crippen molar-refractivity contribution in [2.75, 3.05) is 0 Å². The van der Waals surface area contributed by atoms with Crippen molar-refractivity contribution in [3.63, 3.8) is 0 Å². The number of carbonyl (C=O) groups excluding carboxylic acids is 1. The number of halogens is 1. The molecule has 2 aromatic heterocycles. The molecule has 4 rings (SSSR count). The second-order valence-electron chi connectivity index (χ2n) is 6.59. The van der Waals surface area contributed by atoms with Crippen LogP contribution in [0.15, 0.2) is 81.3 Å². The van der Waals surface area contributed by atoms with E-state index in [1.807, 2.05) is 6.07 Å². The lowest BCUT2D eigenvalue weighted by molar-refractivity contribution is -0.120. The zero-order valence-corrected chi connectivity index (χ0v) is 17.6. The van der Waals surface area contributed by atoms with Gasteiger partial charge in [-0.15, -0.1) is 0 Å². The average molecular weight is 440 g/mol. The molecular formula is C22H18ClN3O3S. The number of amides is 1. The number of furan rings is 1. The van der Waals surface area contributed by atoms with Gasteiger partial charge in [0.2, 0.25) is 5.91 Å². The molecule has 0 fully saturated rings. The molecule has 1 N–H and O–H groups in total. The van der Waals surface area contributed by atoms with Crippen LogP contribution in [0.2, 0.25) is 5.02 Å². The van der Waals surface area contributed by atoms with Crippen molar-refractivity contribution in [3.8, 4) is 5.69 Å². The largest absolute Gasteiger partial charge is 0.467 e. The van der Waals surface area contributed by atoms with E-state index in [1.54, 1.807) is 67.8 Å². The first-order valence-corrected chi connectivity index (χ1v) is 10.5. The summed E-state index contributed by atoms with van der Waals surface area (Å²) in [6.07, 6.45) is 1.56. The number of thioether (sulfide) groups is 1. The minimum atomic E-state index is -0.488. The van der Waals surface area contributed by atoms with Crippen molar-refractivity contribution in [2.45, 2.75) is 23.9 Å². The Morgan fingerprint density at radius 2 is 2.03 bits per heavy atom. The minimum absolute atomic E-state index is 0.184. The second kappa shape index (κ2) is 8.77. The van der Waals surface area contributed by atoms with Crippen LogP contribution in [-0.4, -0.2) is 20.7 Å². The van der Waals surface area contributed by atoms with E-state index < -0.39 is 5.25 Å². The van der Waals surface area contributed by atoms with Crippen molar-refractivity contribution < 1.29 is 9.21 Å². The number of nitrogens with one attached hydrogen (secondary N) is 1. The van der Waals surface area contributed by atoms with E-state index in [2.05, 4.69) is 10.3 Å². The third kappa shape index (κ3) is 4.27. The Morgan fingerprint density at radius 1 is 1.20 bits per heavy atom. The number of nitrogens with zero attached hydrogens (tertiary/aromatic N) is 2. The van der Waals surface area contributed by atoms with Crippen LogP contribution in [0.25, 0.3) is 16.6 Å². The molecule has 0 aliphatic heterocycles. The minimum Gasteiger partial charge on any atom is -0.467 e. The van der Waals surface area contributed by atoms with E-state index in [9.17, 15) is 9.59 Å². The van der Waals surface area contributed by atoms with Gasteiger partial charge in [0.05, 0.1) is 34.6 Å². The lowest BCUT2D eigenvalue weighted by Gasteiger charge is -2.16. The summed E-state index contributed by atoms with van der Waals surface area (Å²) in [7, 11) is 0. The standard InChI is InChI=1S/C22H18ClN3O3S/c1-14(20(27)24-13-17-8-5-11-29-17)30-22-25-19-10-3-2-9-18(19)21(28)26(22)16-7-4-6-15(23)12-16/h2-12,14H,13H2,1H3,(H,24,27). The second-order valence-corrected chi connectivity index (χ2v) is 8.33. The molecule has 30 heavy (non-hydrogen) atoms. The van der Waals surface area contributed by atoms with Gasteiger partial charge in [0.1, 0.15) is 5.76 Å². The maximum absolute atomic E-state index is 13.2. The SMILES string of the molecule is CC(Sc1nc2ccccc2c(=O)n1-c1cccc(Cl)c1)C(=O)NCc1ccco1. The summed E-state index contributed by atoms with van der Waals surface area (Å²) in [5, 5.41) is 3.77. The van der Waals surface area contributed by atoms with Crippen LogP contribution < -0.4 is 10.9 Å². The smallest absolute Gasteiger partial charge is 0.266 e. The van der Waals surface area contributed by atoms with Gasteiger partial charge >= 0.3 is 0 Å². The molecule has 6 nitrogen and oxygen atoms in total. The fraction of sp³-hybridized carbons (Fsp3) is 0.136. The topological polar surface area (TPSA) is 77.1 Å². The van der Waals surface area contributed by atoms with Crippen LogP contribution in [0.1, 0.15) is 12.7 Å². The Labute approximate surface area is 181 Å². The highest BCUT2D eigenvalue weighted by atomic mass is 35.5. The fourth-order valence-corrected chi connectivity index (χ4v) is 4.11. The van der Waals surface area contributed by atoms with Crippen LogP contribution >= 0.6 is 23.4 Å². The normalized spacial score (nSPS) is 12.1. The molecular weight excluding hydrogens is 422 g/mol. The van der Waals surface area contributed by atoms with Crippen molar-refractivity contribution in [1.82, 2.24) is 14.9 Å². The maximum atomic E-state index is 13.2. The highest BCUT2D eigenvalue weighted by Gasteiger charge is 2.20. The molecule has 0 radical (unpaired) electrons. The molecule has 2 heterocycles. The number of rotatable bonds is 6. The summed E-state index contributed by atoms with van der Waals surface area (Å²) in [6.45, 7) is 2.06. The number of hydrogen-bond donors (Lipinski definition) is 1. The molecule has 8 heteroatoms. The summed E-state index contributed by atoms with van der Waals surface area (Å²) in [4.78, 5) is 30.5. The van der Waals surface area contributed by atoms with Gasteiger partial charge in [-0.1, -0.05) is 41.6 Å². The molecule has 0 saturated carbocycles. The van der Waals surface area contributed by atoms with Crippen molar-refractivity contribution in [3.05, 3.63) is 88.1 Å². The Balaban J connectivity index is 1.69. The van der Waals surface area contributed by atoms with Gasteiger partial charge in [-0.25, -0.2) is 4.98 Å². The van der Waals surface area contributed by atoms with Crippen LogP contribution in [0.3, 0.4) is 0 Å². The molecule has 4 aromatic rings. The summed E-state index contributed by atoms with van der Waals surface area (Å²) < 4.78 is 6.74. The van der Waals surface area contributed by atoms with E-state index in [0.717, 1.165) is 0 Å². The summed E-state index contributed by atoms with van der Waals surface area (Å²) in [5.74, 6) is 0.483. The highest BCUT2D eigenvalue weighted by Crippen LogP contribution is 2.26. The first-order chi connectivity index (χ1) is 14.5. The number of para-hydroxylation sites is 1. The van der Waals surface area contributed by atoms with Gasteiger partial charge < -0.3 is 9.73 Å². The zero-order chi connectivity index (χ0) is 21.1. The molecule has 1 atom stereocenters. The lowest BCUT2D eigenvalue weighted by atomic mass is 10.2. The Morgan fingerprint density at radius 3 is 2.80 bits per heavy atom. The number of carbonyl (C=O) groups is 1. The molecule has 0 aliphatic carbocycles. The van der Waals surface area contributed by atoms with E-state index in [4.69, 9.17) is 16.0 Å². The average Bonchev–Trinajstić information content (AvgIpc) is 3.26. The fourth-order valence-electron chi connectivity index (χ4n) is 2.98. The summed E-state index contributed by atoms with van der Waals surface area (Å²) in [5.41, 5.74) is 0.955. The molecule has 0 spiro atoms. The first kappa shape index (κ1) is 20.3. The van der Waals surface area contributed by atoms with Crippen molar-refractivity contribution >= 4 is 40.2 Å². The Kier molecular flexibility index (Phi) is 5.92. The predicted octanol–water partition coefficient (Wildman–Crippen LogP) is 4.43. The van der Waals surface area contributed by atoms with Crippen molar-refractivity contribution in [2.24, 2.45) is 0 Å². The molecule has 2 aromatic carbocycles. The Hall–Kier alpha value is -3.03. The molecule has 152 valence electrons. The van der Waals surface area contributed by atoms with Gasteiger partial charge in [0.15, 0.2) is 5.16 Å². The molecule has 0 bridgehead atoms. The molecule has 0 aliphatic rings. The van der Waals surface area contributed by atoms with Crippen LogP contribution in [-0.2, 0) is 11.3 Å². The highest BCUT2D eigenvalue weighted by molar-refractivity contribution is 8.00. The molecule has 1 unspecified atom stereocenters. The van der Waals surface area contributed by atoms with Crippen LogP contribution in [0.4, 0.5) is 0 Å². The van der Waals surface area contributed by atoms with Crippen LogP contribution in [0, 0.1) is 0 Å². The summed E-state index contributed by atoms with van der Waals surface area (Å²) >= 11 is 7.36. The lowest BCUT2D eigenvalue weighted by Crippen LogP contribution is -2.31. The van der Waals surface area contributed by atoms with Gasteiger partial charge in [-0.05, 0) is 49.4 Å². The molecule has 0 saturated heterocycles. The third-order valence-electron chi connectivity index (χ3n) is 4.48. The van der Waals surface area contributed by atoms with Gasteiger partial charge in [0.25, 0.3) is 5.56 Å². The third-order valence-corrected chi connectivity index (χ3v) is 5.77. The van der Waals surface area contributed by atoms with Crippen molar-refractivity contribution in [1.29, 1.82) is 0 Å². The number of fused-ring (bicyclic) bond motifs is 1. The van der Waals surface area contributed by atoms with E-state index in [1.165, 1.54) is 16.3 Å². The predicted molar refractivity (Wildman–Crippen MR) is 118 cm³/mol. The van der Waals surface area contributed by atoms with E-state index in [-0.39, 0.29) is 11.5 Å². The Bertz CT molecular complexity index is 1250. The number of benzene rings is 2. The maximum Gasteiger partial charge on any atom is 0.266 e. The zero-order valence-electron chi connectivity index (χ0n) is 16.0.